The molecule has 1 aromatic carbocycles. The first kappa shape index (κ1) is 16.9. The van der Waals surface area contributed by atoms with Gasteiger partial charge in [-0.3, -0.25) is 9.69 Å². The summed E-state index contributed by atoms with van der Waals surface area (Å²) >= 11 is 1.81. The van der Waals surface area contributed by atoms with E-state index in [0.717, 1.165) is 55.5 Å². The highest BCUT2D eigenvalue weighted by Gasteiger charge is 2.25. The number of benzene rings is 1. The molecular formula is C22H23N3OS. The summed E-state index contributed by atoms with van der Waals surface area (Å²) in [6, 6.07) is 12.8. The minimum absolute atomic E-state index is 0.0813. The molecule has 138 valence electrons. The van der Waals surface area contributed by atoms with E-state index in [1.165, 1.54) is 28.8 Å². The number of aromatic nitrogens is 2. The molecule has 2 aromatic heterocycles. The SMILES string of the molecule is O=c1[nH]c(CC2CC2)nc2c1CCN(Cc1cc(-c3ccccc3)cs1)C2. The van der Waals surface area contributed by atoms with Gasteiger partial charge in [0.05, 0.1) is 5.69 Å². The predicted octanol–water partition coefficient (Wildman–Crippen LogP) is 4.01. The molecule has 0 bridgehead atoms. The molecule has 5 heteroatoms. The maximum Gasteiger partial charge on any atom is 0.254 e. The van der Waals surface area contributed by atoms with Gasteiger partial charge in [-0.25, -0.2) is 4.98 Å². The number of fused-ring (bicyclic) bond motifs is 1. The van der Waals surface area contributed by atoms with Crippen molar-refractivity contribution in [3.8, 4) is 11.1 Å². The zero-order valence-corrected chi connectivity index (χ0v) is 16.1. The standard InChI is InChI=1S/C22H23N3OS/c26-22-19-8-9-25(13-20(19)23-21(24-22)10-15-6-7-15)12-18-11-17(14-27-18)16-4-2-1-3-5-16/h1-5,11,14-15H,6-10,12-13H2,(H,23,24,26). The van der Waals surface area contributed by atoms with E-state index in [0.29, 0.717) is 0 Å². The van der Waals surface area contributed by atoms with Crippen LogP contribution in [0.15, 0.2) is 46.6 Å². The van der Waals surface area contributed by atoms with Gasteiger partial charge in [0.1, 0.15) is 5.82 Å². The molecule has 0 unspecified atom stereocenters. The average molecular weight is 378 g/mol. The van der Waals surface area contributed by atoms with Gasteiger partial charge in [0.2, 0.25) is 0 Å². The second-order valence-corrected chi connectivity index (χ2v) is 8.71. The van der Waals surface area contributed by atoms with E-state index < -0.39 is 0 Å². The lowest BCUT2D eigenvalue weighted by atomic mass is 10.1. The Morgan fingerprint density at radius 3 is 2.85 bits per heavy atom. The predicted molar refractivity (Wildman–Crippen MR) is 109 cm³/mol. The Balaban J connectivity index is 1.31. The van der Waals surface area contributed by atoms with Crippen LogP contribution in [0.2, 0.25) is 0 Å². The van der Waals surface area contributed by atoms with E-state index in [4.69, 9.17) is 4.98 Å². The molecule has 3 heterocycles. The molecular weight excluding hydrogens is 354 g/mol. The van der Waals surface area contributed by atoms with Crippen molar-refractivity contribution in [2.75, 3.05) is 6.54 Å². The molecule has 1 aliphatic heterocycles. The van der Waals surface area contributed by atoms with Crippen LogP contribution in [0, 0.1) is 5.92 Å². The molecule has 0 atom stereocenters. The number of hydrogen-bond acceptors (Lipinski definition) is 4. The van der Waals surface area contributed by atoms with E-state index in [-0.39, 0.29) is 5.56 Å². The molecule has 2 aliphatic rings. The van der Waals surface area contributed by atoms with Crippen LogP contribution in [0.5, 0.6) is 0 Å². The molecule has 0 amide bonds. The number of thiophene rings is 1. The van der Waals surface area contributed by atoms with Crippen LogP contribution in [0.25, 0.3) is 11.1 Å². The molecule has 0 saturated heterocycles. The quantitative estimate of drug-likeness (QED) is 0.731. The summed E-state index contributed by atoms with van der Waals surface area (Å²) in [5, 5.41) is 2.24. The van der Waals surface area contributed by atoms with Gasteiger partial charge >= 0.3 is 0 Å². The Hall–Kier alpha value is -2.24. The van der Waals surface area contributed by atoms with Gasteiger partial charge in [0, 0.05) is 36.5 Å². The lowest BCUT2D eigenvalue weighted by Gasteiger charge is -2.27. The molecule has 1 fully saturated rings. The summed E-state index contributed by atoms with van der Waals surface area (Å²) in [5.41, 5.74) is 4.51. The van der Waals surface area contributed by atoms with E-state index in [2.05, 4.69) is 45.6 Å². The number of nitrogens with one attached hydrogen (secondary N) is 1. The fraction of sp³-hybridized carbons (Fsp3) is 0.364. The van der Waals surface area contributed by atoms with Crippen LogP contribution in [0.4, 0.5) is 0 Å². The van der Waals surface area contributed by atoms with Crippen molar-refractivity contribution in [1.82, 2.24) is 14.9 Å². The van der Waals surface area contributed by atoms with Crippen molar-refractivity contribution in [2.45, 2.75) is 38.8 Å². The maximum atomic E-state index is 12.4. The summed E-state index contributed by atoms with van der Waals surface area (Å²) in [7, 11) is 0. The summed E-state index contributed by atoms with van der Waals surface area (Å²) in [6.07, 6.45) is 4.26. The van der Waals surface area contributed by atoms with E-state index in [1.807, 2.05) is 17.4 Å². The minimum atomic E-state index is 0.0813. The van der Waals surface area contributed by atoms with Gasteiger partial charge in [-0.2, -0.15) is 0 Å². The number of hydrogen-bond donors (Lipinski definition) is 1. The van der Waals surface area contributed by atoms with Crippen molar-refractivity contribution >= 4 is 11.3 Å². The number of rotatable bonds is 5. The van der Waals surface area contributed by atoms with Crippen molar-refractivity contribution in [2.24, 2.45) is 5.92 Å². The van der Waals surface area contributed by atoms with Crippen molar-refractivity contribution in [3.63, 3.8) is 0 Å². The third kappa shape index (κ3) is 3.75. The van der Waals surface area contributed by atoms with Crippen molar-refractivity contribution in [1.29, 1.82) is 0 Å². The van der Waals surface area contributed by atoms with Crippen molar-refractivity contribution < 1.29 is 0 Å². The van der Waals surface area contributed by atoms with Gasteiger partial charge in [0.25, 0.3) is 5.56 Å². The van der Waals surface area contributed by atoms with Crippen molar-refractivity contribution in [3.05, 3.63) is 74.1 Å². The molecule has 3 aromatic rings. The zero-order chi connectivity index (χ0) is 18.2. The van der Waals surface area contributed by atoms with Gasteiger partial charge in [-0.15, -0.1) is 11.3 Å². The summed E-state index contributed by atoms with van der Waals surface area (Å²) < 4.78 is 0. The number of nitrogens with zero attached hydrogens (tertiary/aromatic N) is 2. The first-order valence-electron chi connectivity index (χ1n) is 9.71. The highest BCUT2D eigenvalue weighted by atomic mass is 32.1. The van der Waals surface area contributed by atoms with Crippen LogP contribution < -0.4 is 5.56 Å². The Kier molecular flexibility index (Phi) is 4.42. The smallest absolute Gasteiger partial charge is 0.254 e. The topological polar surface area (TPSA) is 49.0 Å². The summed E-state index contributed by atoms with van der Waals surface area (Å²) in [6.45, 7) is 2.61. The second kappa shape index (κ2) is 7.06. The fourth-order valence-corrected chi connectivity index (χ4v) is 4.77. The molecule has 5 rings (SSSR count). The highest BCUT2D eigenvalue weighted by molar-refractivity contribution is 7.10. The molecule has 4 nitrogen and oxygen atoms in total. The number of aromatic amines is 1. The van der Waals surface area contributed by atoms with E-state index in [9.17, 15) is 4.79 Å². The normalized spacial score (nSPS) is 17.0. The van der Waals surface area contributed by atoms with Crippen LogP contribution >= 0.6 is 11.3 Å². The van der Waals surface area contributed by atoms with E-state index >= 15 is 0 Å². The van der Waals surface area contributed by atoms with Gasteiger partial charge in [-0.1, -0.05) is 30.3 Å². The lowest BCUT2D eigenvalue weighted by molar-refractivity contribution is 0.242. The Bertz CT molecular complexity index is 1000. The summed E-state index contributed by atoms with van der Waals surface area (Å²) in [4.78, 5) is 24.0. The minimum Gasteiger partial charge on any atom is -0.310 e. The van der Waals surface area contributed by atoms with Crippen LogP contribution in [0.1, 0.15) is 34.8 Å². The molecule has 27 heavy (non-hydrogen) atoms. The maximum absolute atomic E-state index is 12.4. The number of H-pyrrole nitrogens is 1. The Morgan fingerprint density at radius 1 is 1.19 bits per heavy atom. The Labute approximate surface area is 162 Å². The zero-order valence-electron chi connectivity index (χ0n) is 15.3. The molecule has 1 aliphatic carbocycles. The first-order chi connectivity index (χ1) is 13.2. The summed E-state index contributed by atoms with van der Waals surface area (Å²) in [5.74, 6) is 1.61. The van der Waals surface area contributed by atoms with Crippen LogP contribution in [0.3, 0.4) is 0 Å². The lowest BCUT2D eigenvalue weighted by Crippen LogP contribution is -2.35. The second-order valence-electron chi connectivity index (χ2n) is 7.71. The average Bonchev–Trinajstić information content (AvgIpc) is 3.37. The molecule has 1 N–H and O–H groups in total. The molecule has 0 radical (unpaired) electrons. The van der Waals surface area contributed by atoms with Crippen LogP contribution in [-0.4, -0.2) is 21.4 Å². The van der Waals surface area contributed by atoms with Gasteiger partial charge in [-0.05, 0) is 47.8 Å². The third-order valence-electron chi connectivity index (χ3n) is 5.52. The fourth-order valence-electron chi connectivity index (χ4n) is 3.84. The van der Waals surface area contributed by atoms with Crippen LogP contribution in [-0.2, 0) is 25.9 Å². The monoisotopic (exact) mass is 377 g/mol. The van der Waals surface area contributed by atoms with Gasteiger partial charge < -0.3 is 4.98 Å². The Morgan fingerprint density at radius 2 is 2.04 bits per heavy atom. The molecule has 0 spiro atoms. The molecule has 1 saturated carbocycles. The van der Waals surface area contributed by atoms with Gasteiger partial charge in [0.15, 0.2) is 0 Å². The third-order valence-corrected chi connectivity index (χ3v) is 6.44. The van der Waals surface area contributed by atoms with E-state index in [1.54, 1.807) is 0 Å². The largest absolute Gasteiger partial charge is 0.310 e. The first-order valence-corrected chi connectivity index (χ1v) is 10.6. The highest BCUT2D eigenvalue weighted by Crippen LogP contribution is 2.32.